The van der Waals surface area contributed by atoms with Crippen LogP contribution in [-0.2, 0) is 16.0 Å². The largest absolute Gasteiger partial charge is 0.481 e. The molecule has 0 spiro atoms. The lowest BCUT2D eigenvalue weighted by molar-refractivity contribution is -0.140. The van der Waals surface area contributed by atoms with E-state index in [0.29, 0.717) is 12.2 Å². The van der Waals surface area contributed by atoms with Crippen LogP contribution in [0.4, 0.5) is 0 Å². The number of rotatable bonds is 7. The minimum atomic E-state index is -0.886. The first kappa shape index (κ1) is 17.1. The van der Waals surface area contributed by atoms with E-state index < -0.39 is 11.9 Å². The molecule has 1 N–H and O–H groups in total. The van der Waals surface area contributed by atoms with Crippen LogP contribution in [0.5, 0.6) is 11.5 Å². The zero-order valence-corrected chi connectivity index (χ0v) is 13.6. The molecule has 2 aromatic rings. The van der Waals surface area contributed by atoms with Crippen molar-refractivity contribution in [2.75, 3.05) is 5.75 Å². The molecule has 0 amide bonds. The summed E-state index contributed by atoms with van der Waals surface area (Å²) >= 11 is 1.05. The number of hydrogen-bond donors (Lipinski definition) is 1. The molecular formula is C18H18O4S. The summed E-state index contributed by atoms with van der Waals surface area (Å²) < 4.78 is 5.70. The van der Waals surface area contributed by atoms with Gasteiger partial charge in [0.05, 0.1) is 5.92 Å². The fourth-order valence-electron chi connectivity index (χ4n) is 2.04. The Morgan fingerprint density at radius 2 is 1.65 bits per heavy atom. The molecule has 23 heavy (non-hydrogen) atoms. The van der Waals surface area contributed by atoms with Crippen LogP contribution in [0.2, 0.25) is 0 Å². The van der Waals surface area contributed by atoms with Crippen molar-refractivity contribution < 1.29 is 19.4 Å². The first-order chi connectivity index (χ1) is 11.0. The van der Waals surface area contributed by atoms with Gasteiger partial charge in [-0.2, -0.15) is 0 Å². The smallest absolute Gasteiger partial charge is 0.307 e. The number of thioether (sulfide) groups is 1. The van der Waals surface area contributed by atoms with Gasteiger partial charge in [0.1, 0.15) is 11.5 Å². The quantitative estimate of drug-likeness (QED) is 0.831. The number of carboxylic acids is 1. The highest BCUT2D eigenvalue weighted by atomic mass is 32.2. The van der Waals surface area contributed by atoms with Crippen LogP contribution in [0.15, 0.2) is 54.6 Å². The van der Waals surface area contributed by atoms with E-state index in [1.807, 2.05) is 54.6 Å². The van der Waals surface area contributed by atoms with E-state index in [9.17, 15) is 14.7 Å². The summed E-state index contributed by atoms with van der Waals surface area (Å²) in [4.78, 5) is 22.3. The van der Waals surface area contributed by atoms with Crippen molar-refractivity contribution in [3.63, 3.8) is 0 Å². The molecule has 0 bridgehead atoms. The average Bonchev–Trinajstić information content (AvgIpc) is 2.53. The summed E-state index contributed by atoms with van der Waals surface area (Å²) in [5.41, 5.74) is 0.905. The molecule has 5 heteroatoms. The fraction of sp³-hybridized carbons (Fsp3) is 0.222. The Bertz CT molecular complexity index is 652. The van der Waals surface area contributed by atoms with Gasteiger partial charge in [-0.05, 0) is 36.2 Å². The number of carbonyl (C=O) groups is 2. The Kier molecular flexibility index (Phi) is 6.23. The van der Waals surface area contributed by atoms with E-state index in [1.165, 1.54) is 6.92 Å². The number of ether oxygens (including phenoxy) is 1. The van der Waals surface area contributed by atoms with Gasteiger partial charge in [0.15, 0.2) is 5.12 Å². The second-order valence-electron chi connectivity index (χ2n) is 5.10. The maximum Gasteiger partial charge on any atom is 0.307 e. The van der Waals surface area contributed by atoms with Crippen LogP contribution in [0.3, 0.4) is 0 Å². The summed E-state index contributed by atoms with van der Waals surface area (Å²) in [6.45, 7) is 1.44. The van der Waals surface area contributed by atoms with Gasteiger partial charge in [0, 0.05) is 12.7 Å². The summed E-state index contributed by atoms with van der Waals surface area (Å²) in [6.07, 6.45) is 0.390. The zero-order chi connectivity index (χ0) is 16.7. The standard InChI is InChI=1S/C18H18O4S/c1-13(19)23-12-15(18(20)21)11-14-7-9-17(10-8-14)22-16-5-3-2-4-6-16/h2-10,15H,11-12H2,1H3,(H,20,21)/t15-/m1/s1. The van der Waals surface area contributed by atoms with Gasteiger partial charge < -0.3 is 9.84 Å². The predicted molar refractivity (Wildman–Crippen MR) is 90.9 cm³/mol. The molecule has 0 aliphatic rings. The SMILES string of the molecule is CC(=O)SC[C@@H](Cc1ccc(Oc2ccccc2)cc1)C(=O)O. The van der Waals surface area contributed by atoms with Gasteiger partial charge in [-0.25, -0.2) is 0 Å². The molecule has 120 valence electrons. The topological polar surface area (TPSA) is 63.6 Å². The highest BCUT2D eigenvalue weighted by molar-refractivity contribution is 8.13. The number of para-hydroxylation sites is 1. The normalized spacial score (nSPS) is 11.7. The van der Waals surface area contributed by atoms with E-state index in [0.717, 1.165) is 23.1 Å². The van der Waals surface area contributed by atoms with Crippen LogP contribution < -0.4 is 4.74 Å². The number of carbonyl (C=O) groups excluding carboxylic acids is 1. The number of aliphatic carboxylic acids is 1. The van der Waals surface area contributed by atoms with Crippen molar-refractivity contribution in [2.45, 2.75) is 13.3 Å². The lowest BCUT2D eigenvalue weighted by Gasteiger charge is -2.12. The minimum Gasteiger partial charge on any atom is -0.481 e. The van der Waals surface area contributed by atoms with Crippen molar-refractivity contribution in [2.24, 2.45) is 5.92 Å². The molecule has 0 unspecified atom stereocenters. The van der Waals surface area contributed by atoms with Crippen molar-refractivity contribution in [1.82, 2.24) is 0 Å². The number of benzene rings is 2. The number of hydrogen-bond acceptors (Lipinski definition) is 4. The molecule has 0 saturated heterocycles. The predicted octanol–water partition coefficient (Wildman–Crippen LogP) is 4.00. The molecule has 0 heterocycles. The fourth-order valence-corrected chi connectivity index (χ4v) is 2.73. The molecule has 0 saturated carbocycles. The highest BCUT2D eigenvalue weighted by Gasteiger charge is 2.19. The van der Waals surface area contributed by atoms with Crippen LogP contribution >= 0.6 is 11.8 Å². The molecule has 0 aliphatic carbocycles. The van der Waals surface area contributed by atoms with Crippen LogP contribution in [0.25, 0.3) is 0 Å². The van der Waals surface area contributed by atoms with E-state index in [1.54, 1.807) is 0 Å². The van der Waals surface area contributed by atoms with E-state index in [2.05, 4.69) is 0 Å². The van der Waals surface area contributed by atoms with Gasteiger partial charge in [-0.15, -0.1) is 0 Å². The minimum absolute atomic E-state index is 0.0668. The van der Waals surface area contributed by atoms with Crippen LogP contribution in [-0.4, -0.2) is 21.9 Å². The van der Waals surface area contributed by atoms with E-state index in [-0.39, 0.29) is 10.9 Å². The lowest BCUT2D eigenvalue weighted by atomic mass is 10.0. The third kappa shape index (κ3) is 5.79. The third-order valence-electron chi connectivity index (χ3n) is 3.22. The Balaban J connectivity index is 1.97. The van der Waals surface area contributed by atoms with Crippen LogP contribution in [0.1, 0.15) is 12.5 Å². The van der Waals surface area contributed by atoms with Gasteiger partial charge in [-0.1, -0.05) is 42.1 Å². The molecule has 0 aromatic heterocycles. The summed E-state index contributed by atoms with van der Waals surface area (Å²) in [5.74, 6) is 0.270. The molecule has 2 aromatic carbocycles. The second-order valence-corrected chi connectivity index (χ2v) is 6.30. The van der Waals surface area contributed by atoms with E-state index >= 15 is 0 Å². The lowest BCUT2D eigenvalue weighted by Crippen LogP contribution is -2.19. The summed E-state index contributed by atoms with van der Waals surface area (Å²) in [6, 6.07) is 16.8. The Labute approximate surface area is 139 Å². The average molecular weight is 330 g/mol. The van der Waals surface area contributed by atoms with Gasteiger partial charge in [0.25, 0.3) is 0 Å². The molecule has 0 aliphatic heterocycles. The second kappa shape index (κ2) is 8.39. The molecule has 1 atom stereocenters. The van der Waals surface area contributed by atoms with Crippen LogP contribution in [0, 0.1) is 5.92 Å². The zero-order valence-electron chi connectivity index (χ0n) is 12.8. The van der Waals surface area contributed by atoms with Crippen molar-refractivity contribution >= 4 is 22.8 Å². The Morgan fingerprint density at radius 3 is 2.22 bits per heavy atom. The Hall–Kier alpha value is -2.27. The molecule has 4 nitrogen and oxygen atoms in total. The first-order valence-corrected chi connectivity index (χ1v) is 8.21. The van der Waals surface area contributed by atoms with Crippen molar-refractivity contribution in [1.29, 1.82) is 0 Å². The molecule has 0 fully saturated rings. The van der Waals surface area contributed by atoms with Gasteiger partial charge in [-0.3, -0.25) is 9.59 Å². The van der Waals surface area contributed by atoms with Crippen molar-refractivity contribution in [3.05, 3.63) is 60.2 Å². The monoisotopic (exact) mass is 330 g/mol. The van der Waals surface area contributed by atoms with Gasteiger partial charge in [0.2, 0.25) is 0 Å². The maximum atomic E-state index is 11.3. The summed E-state index contributed by atoms with van der Waals surface area (Å²) in [5, 5.41) is 9.18. The highest BCUT2D eigenvalue weighted by Crippen LogP contribution is 2.23. The molecular weight excluding hydrogens is 312 g/mol. The molecule has 0 radical (unpaired) electrons. The first-order valence-electron chi connectivity index (χ1n) is 7.22. The summed E-state index contributed by atoms with van der Waals surface area (Å²) in [7, 11) is 0. The number of carboxylic acid groups (broad SMARTS) is 1. The van der Waals surface area contributed by atoms with Crippen molar-refractivity contribution in [3.8, 4) is 11.5 Å². The molecule has 2 rings (SSSR count). The van der Waals surface area contributed by atoms with E-state index in [4.69, 9.17) is 4.74 Å². The Morgan fingerprint density at radius 1 is 1.04 bits per heavy atom. The van der Waals surface area contributed by atoms with Gasteiger partial charge >= 0.3 is 5.97 Å². The third-order valence-corrected chi connectivity index (χ3v) is 4.20. The maximum absolute atomic E-state index is 11.3.